The lowest BCUT2D eigenvalue weighted by Crippen LogP contribution is -2.42. The molecule has 2 atom stereocenters. The Balaban J connectivity index is 1.94. The molecule has 5 nitrogen and oxygen atoms in total. The van der Waals surface area contributed by atoms with Crippen molar-refractivity contribution in [2.75, 3.05) is 19.8 Å². The topological polar surface area (TPSA) is 50.5 Å². The molecule has 0 unspecified atom stereocenters. The third-order valence-corrected chi connectivity index (χ3v) is 4.55. The Kier molecular flexibility index (Phi) is 4.99. The van der Waals surface area contributed by atoms with Crippen LogP contribution in [0.2, 0.25) is 0 Å². The maximum absolute atomic E-state index is 13.9. The summed E-state index contributed by atoms with van der Waals surface area (Å²) in [4.78, 5) is 2.13. The first-order valence-corrected chi connectivity index (χ1v) is 8.31. The highest BCUT2D eigenvalue weighted by atomic mass is 19.1. The molecule has 0 amide bonds. The molecule has 1 aromatic heterocycles. The highest BCUT2D eigenvalue weighted by Gasteiger charge is 2.31. The van der Waals surface area contributed by atoms with Crippen LogP contribution in [0.1, 0.15) is 23.9 Å². The maximum Gasteiger partial charge on any atom is 0.123 e. The fourth-order valence-corrected chi connectivity index (χ4v) is 3.32. The van der Waals surface area contributed by atoms with Crippen LogP contribution in [0.5, 0.6) is 0 Å². The van der Waals surface area contributed by atoms with Gasteiger partial charge < -0.3 is 9.84 Å². The van der Waals surface area contributed by atoms with Crippen molar-refractivity contribution in [1.29, 1.82) is 0 Å². The first-order chi connectivity index (χ1) is 11.5. The van der Waals surface area contributed by atoms with Gasteiger partial charge in [0.2, 0.25) is 0 Å². The average molecular weight is 333 g/mol. The standard InChI is InChI=1S/C18H24FN3O2/c1-4-21(17-10-24-11-18(17)23)9-14-8-15(19)5-6-16(14)22-13(3)7-12(2)20-22/h5-8,17-18,23H,4,9-11H2,1-3H3/t17-,18-/m1/s1. The van der Waals surface area contributed by atoms with E-state index in [9.17, 15) is 9.50 Å². The van der Waals surface area contributed by atoms with Gasteiger partial charge in [0, 0.05) is 12.2 Å². The second kappa shape index (κ2) is 7.01. The lowest BCUT2D eigenvalue weighted by Gasteiger charge is -2.29. The van der Waals surface area contributed by atoms with Gasteiger partial charge in [0.1, 0.15) is 5.82 Å². The summed E-state index contributed by atoms with van der Waals surface area (Å²) in [6, 6.07) is 6.71. The average Bonchev–Trinajstić information content (AvgIpc) is 3.10. The molecule has 1 N–H and O–H groups in total. The van der Waals surface area contributed by atoms with E-state index < -0.39 is 6.10 Å². The smallest absolute Gasteiger partial charge is 0.123 e. The molecule has 1 fully saturated rings. The van der Waals surface area contributed by atoms with E-state index in [1.165, 1.54) is 6.07 Å². The third-order valence-electron chi connectivity index (χ3n) is 4.55. The minimum Gasteiger partial charge on any atom is -0.389 e. The number of likely N-dealkylation sites (N-methyl/N-ethyl adjacent to an activating group) is 1. The van der Waals surface area contributed by atoms with Crippen molar-refractivity contribution in [3.05, 3.63) is 47.0 Å². The number of aryl methyl sites for hydroxylation is 2. The number of halogens is 1. The van der Waals surface area contributed by atoms with Gasteiger partial charge >= 0.3 is 0 Å². The molecule has 24 heavy (non-hydrogen) atoms. The Morgan fingerprint density at radius 1 is 1.33 bits per heavy atom. The van der Waals surface area contributed by atoms with E-state index in [1.54, 1.807) is 12.1 Å². The summed E-state index contributed by atoms with van der Waals surface area (Å²) in [5.74, 6) is -0.269. The van der Waals surface area contributed by atoms with E-state index >= 15 is 0 Å². The summed E-state index contributed by atoms with van der Waals surface area (Å²) in [6.45, 7) is 8.10. The summed E-state index contributed by atoms with van der Waals surface area (Å²) in [5.41, 5.74) is 3.65. The number of aromatic nitrogens is 2. The zero-order valence-electron chi connectivity index (χ0n) is 14.4. The first kappa shape index (κ1) is 17.1. The van der Waals surface area contributed by atoms with Crippen LogP contribution in [0.25, 0.3) is 5.69 Å². The van der Waals surface area contributed by atoms with Crippen LogP contribution in [-0.2, 0) is 11.3 Å². The fraction of sp³-hybridized carbons (Fsp3) is 0.500. The predicted molar refractivity (Wildman–Crippen MR) is 89.7 cm³/mol. The number of ether oxygens (including phenoxy) is 1. The minimum absolute atomic E-state index is 0.0634. The molecule has 2 heterocycles. The van der Waals surface area contributed by atoms with Gasteiger partial charge in [-0.05, 0) is 50.2 Å². The van der Waals surface area contributed by atoms with Crippen molar-refractivity contribution in [1.82, 2.24) is 14.7 Å². The van der Waals surface area contributed by atoms with E-state index in [-0.39, 0.29) is 11.9 Å². The van der Waals surface area contributed by atoms with E-state index in [0.717, 1.165) is 29.2 Å². The molecule has 6 heteroatoms. The molecule has 1 saturated heterocycles. The molecule has 0 radical (unpaired) electrons. The molecule has 2 aromatic rings. The summed E-state index contributed by atoms with van der Waals surface area (Å²) < 4.78 is 21.1. The predicted octanol–water partition coefficient (Wildman–Crippen LogP) is 2.21. The van der Waals surface area contributed by atoms with Crippen LogP contribution < -0.4 is 0 Å². The largest absolute Gasteiger partial charge is 0.389 e. The minimum atomic E-state index is -0.504. The molecular weight excluding hydrogens is 309 g/mol. The quantitative estimate of drug-likeness (QED) is 0.911. The van der Waals surface area contributed by atoms with E-state index in [1.807, 2.05) is 31.5 Å². The van der Waals surface area contributed by atoms with Gasteiger partial charge in [0.15, 0.2) is 0 Å². The normalized spacial score (nSPS) is 20.9. The van der Waals surface area contributed by atoms with Crippen molar-refractivity contribution in [2.24, 2.45) is 0 Å². The van der Waals surface area contributed by atoms with Gasteiger partial charge in [-0.3, -0.25) is 4.90 Å². The molecule has 3 rings (SSSR count). The lowest BCUT2D eigenvalue weighted by atomic mass is 10.1. The summed E-state index contributed by atoms with van der Waals surface area (Å²) >= 11 is 0. The zero-order chi connectivity index (χ0) is 17.3. The molecule has 0 saturated carbocycles. The van der Waals surface area contributed by atoms with Gasteiger partial charge in [-0.25, -0.2) is 9.07 Å². The number of aliphatic hydroxyl groups is 1. The monoisotopic (exact) mass is 333 g/mol. The van der Waals surface area contributed by atoms with Gasteiger partial charge in [-0.2, -0.15) is 5.10 Å². The SMILES string of the molecule is CCN(Cc1cc(F)ccc1-n1nc(C)cc1C)[C@@H]1COC[C@H]1O. The molecule has 1 aromatic carbocycles. The molecule has 1 aliphatic heterocycles. The molecule has 130 valence electrons. The molecule has 0 bridgehead atoms. The van der Waals surface area contributed by atoms with Crippen molar-refractivity contribution >= 4 is 0 Å². The third kappa shape index (κ3) is 3.36. The Labute approximate surface area is 141 Å². The number of hydrogen-bond donors (Lipinski definition) is 1. The van der Waals surface area contributed by atoms with E-state index in [2.05, 4.69) is 10.00 Å². The van der Waals surface area contributed by atoms with Crippen molar-refractivity contribution in [3.63, 3.8) is 0 Å². The van der Waals surface area contributed by atoms with E-state index in [4.69, 9.17) is 4.74 Å². The summed E-state index contributed by atoms with van der Waals surface area (Å²) in [5, 5.41) is 14.6. The Morgan fingerprint density at radius 3 is 2.71 bits per heavy atom. The van der Waals surface area contributed by atoms with Crippen LogP contribution >= 0.6 is 0 Å². The van der Waals surface area contributed by atoms with Crippen LogP contribution in [-0.4, -0.2) is 51.7 Å². The van der Waals surface area contributed by atoms with E-state index in [0.29, 0.717) is 19.8 Å². The highest BCUT2D eigenvalue weighted by Crippen LogP contribution is 2.23. The van der Waals surface area contributed by atoms with Gasteiger partial charge in [-0.1, -0.05) is 6.92 Å². The van der Waals surface area contributed by atoms with Crippen molar-refractivity contribution in [3.8, 4) is 5.69 Å². The van der Waals surface area contributed by atoms with Crippen molar-refractivity contribution < 1.29 is 14.2 Å². The Bertz CT molecular complexity index is 716. The first-order valence-electron chi connectivity index (χ1n) is 8.31. The fourth-order valence-electron chi connectivity index (χ4n) is 3.32. The second-order valence-corrected chi connectivity index (χ2v) is 6.35. The number of aliphatic hydroxyl groups excluding tert-OH is 1. The van der Waals surface area contributed by atoms with Crippen LogP contribution in [0, 0.1) is 19.7 Å². The summed E-state index contributed by atoms with van der Waals surface area (Å²) in [6.07, 6.45) is -0.504. The maximum atomic E-state index is 13.9. The Hall–Kier alpha value is -1.76. The van der Waals surface area contributed by atoms with Crippen molar-refractivity contribution in [2.45, 2.75) is 39.5 Å². The number of rotatable bonds is 5. The van der Waals surface area contributed by atoms with Gasteiger partial charge in [-0.15, -0.1) is 0 Å². The molecule has 1 aliphatic rings. The van der Waals surface area contributed by atoms with Crippen LogP contribution in [0.15, 0.2) is 24.3 Å². The van der Waals surface area contributed by atoms with Gasteiger partial charge in [0.25, 0.3) is 0 Å². The zero-order valence-corrected chi connectivity index (χ0v) is 14.4. The Morgan fingerprint density at radius 2 is 2.12 bits per heavy atom. The number of nitrogens with zero attached hydrogens (tertiary/aromatic N) is 3. The van der Waals surface area contributed by atoms with Gasteiger partial charge in [0.05, 0.1) is 36.7 Å². The van der Waals surface area contributed by atoms with Crippen LogP contribution in [0.3, 0.4) is 0 Å². The molecule has 0 aliphatic carbocycles. The molecule has 0 spiro atoms. The number of benzene rings is 1. The molecular formula is C18H24FN3O2. The summed E-state index contributed by atoms with van der Waals surface area (Å²) in [7, 11) is 0. The lowest BCUT2D eigenvalue weighted by molar-refractivity contribution is 0.0807. The number of hydrogen-bond acceptors (Lipinski definition) is 4. The van der Waals surface area contributed by atoms with Crippen LogP contribution in [0.4, 0.5) is 4.39 Å². The highest BCUT2D eigenvalue weighted by molar-refractivity contribution is 5.42. The second-order valence-electron chi connectivity index (χ2n) is 6.35.